The first-order chi connectivity index (χ1) is 14.2. The summed E-state index contributed by atoms with van der Waals surface area (Å²) in [4.78, 5) is 52.8. The summed E-state index contributed by atoms with van der Waals surface area (Å²) in [5.41, 5.74) is -1.72. The van der Waals surface area contributed by atoms with Crippen LogP contribution in [-0.4, -0.2) is 66.0 Å². The van der Waals surface area contributed by atoms with E-state index in [-0.39, 0.29) is 0 Å². The van der Waals surface area contributed by atoms with Crippen LogP contribution in [0.3, 0.4) is 0 Å². The number of hydrogen-bond donors (Lipinski definition) is 6. The number of aromatic amines is 1. The first kappa shape index (κ1) is 26.2. The van der Waals surface area contributed by atoms with E-state index in [1.807, 2.05) is 4.98 Å². The van der Waals surface area contributed by atoms with Crippen LogP contribution in [0.1, 0.15) is 13.2 Å². The molecule has 0 bridgehead atoms. The number of ether oxygens (including phenoxy) is 1. The maximum absolute atomic E-state index is 11.9. The number of hydrogen-bond acceptors (Lipinski definition) is 12. The molecule has 2 rings (SSSR count). The maximum Gasteiger partial charge on any atom is 0.490 e. The topological polar surface area (TPSA) is 253 Å². The highest BCUT2D eigenvalue weighted by molar-refractivity contribution is 7.66. The highest BCUT2D eigenvalue weighted by Gasteiger charge is 2.47. The van der Waals surface area contributed by atoms with E-state index in [0.29, 0.717) is 0 Å². The smallest absolute Gasteiger partial charge is 0.387 e. The van der Waals surface area contributed by atoms with Crippen molar-refractivity contribution in [3.05, 3.63) is 33.1 Å². The lowest BCUT2D eigenvalue weighted by Gasteiger charge is -2.20. The van der Waals surface area contributed by atoms with Gasteiger partial charge in [-0.15, -0.1) is 0 Å². The van der Waals surface area contributed by atoms with Gasteiger partial charge in [0.25, 0.3) is 5.56 Å². The molecule has 1 aromatic rings. The Hall–Kier alpha value is -1.03. The van der Waals surface area contributed by atoms with Crippen LogP contribution in [0.4, 0.5) is 0 Å². The van der Waals surface area contributed by atoms with Gasteiger partial charge in [-0.05, 0) is 6.92 Å². The van der Waals surface area contributed by atoms with Crippen LogP contribution in [-0.2, 0) is 36.1 Å². The van der Waals surface area contributed by atoms with Gasteiger partial charge in [-0.25, -0.2) is 18.5 Å². The Labute approximate surface area is 172 Å². The highest BCUT2D eigenvalue weighted by atomic mass is 31.3. The van der Waals surface area contributed by atoms with Crippen molar-refractivity contribution in [2.24, 2.45) is 0 Å². The molecule has 0 radical (unpaired) electrons. The molecule has 1 aliphatic rings. The Morgan fingerprint density at radius 1 is 1.03 bits per heavy atom. The number of phosphoric acid groups is 3. The predicted molar refractivity (Wildman–Crippen MR) is 96.5 cm³/mol. The fourth-order valence-corrected chi connectivity index (χ4v) is 5.89. The second-order valence-electron chi connectivity index (χ2n) is 5.85. The molecule has 0 aromatic carbocycles. The van der Waals surface area contributed by atoms with E-state index >= 15 is 0 Å². The average molecular weight is 512 g/mol. The van der Waals surface area contributed by atoms with Crippen LogP contribution in [0.15, 0.2) is 21.9 Å². The van der Waals surface area contributed by atoms with E-state index < -0.39 is 72.5 Å². The first-order valence-corrected chi connectivity index (χ1v) is 12.7. The summed E-state index contributed by atoms with van der Waals surface area (Å²) in [5, 5.41) is 20.1. The van der Waals surface area contributed by atoms with E-state index in [9.17, 15) is 43.3 Å². The number of rotatable bonds is 10. The molecule has 1 aliphatic heterocycles. The standard InChI is InChI=1S/C11H19N2O15P3/c1-2-24-29(18,19)27-31(22,23)28-30(20,21)25-5-6-8(15)9(16)10(26-6)13-4-3-7(14)12-11(13)17/h3-4,6,8-10,15-16H,2,5H2,1H3,(H,18,19)(H,20,21)(H,22,23)(H,12,14,17)/t6-,8-,9-,10-/m1/s1. The molecule has 0 aliphatic carbocycles. The minimum atomic E-state index is -5.63. The Morgan fingerprint density at radius 3 is 2.16 bits per heavy atom. The molecule has 6 N–H and O–H groups in total. The summed E-state index contributed by atoms with van der Waals surface area (Å²) in [6.45, 7) is -0.159. The van der Waals surface area contributed by atoms with Crippen LogP contribution in [0.25, 0.3) is 0 Å². The van der Waals surface area contributed by atoms with Gasteiger partial charge >= 0.3 is 29.2 Å². The summed E-state index contributed by atoms with van der Waals surface area (Å²) in [6, 6.07) is 0.935. The van der Waals surface area contributed by atoms with E-state index in [0.717, 1.165) is 16.8 Å². The highest BCUT2D eigenvalue weighted by Crippen LogP contribution is 2.67. The van der Waals surface area contributed by atoms with Crippen molar-refractivity contribution in [3.63, 3.8) is 0 Å². The molecule has 0 saturated carbocycles. The number of phosphoric ester groups is 2. The zero-order valence-electron chi connectivity index (χ0n) is 15.5. The normalized spacial score (nSPS) is 29.7. The fraction of sp³-hybridized carbons (Fsp3) is 0.636. The largest absolute Gasteiger partial charge is 0.490 e. The fourth-order valence-electron chi connectivity index (χ4n) is 2.38. The molecule has 2 heterocycles. The summed E-state index contributed by atoms with van der Waals surface area (Å²) in [6.07, 6.45) is -5.61. The third-order valence-corrected chi connectivity index (χ3v) is 7.93. The van der Waals surface area contributed by atoms with Gasteiger partial charge in [-0.1, -0.05) is 0 Å². The monoisotopic (exact) mass is 512 g/mol. The molecule has 0 spiro atoms. The van der Waals surface area contributed by atoms with Crippen molar-refractivity contribution in [3.8, 4) is 0 Å². The van der Waals surface area contributed by atoms with E-state index in [1.54, 1.807) is 0 Å². The molecule has 20 heteroatoms. The molecule has 31 heavy (non-hydrogen) atoms. The van der Waals surface area contributed by atoms with E-state index in [4.69, 9.17) is 9.63 Å². The van der Waals surface area contributed by atoms with Crippen molar-refractivity contribution < 1.29 is 61.0 Å². The molecule has 3 unspecified atom stereocenters. The van der Waals surface area contributed by atoms with Crippen LogP contribution >= 0.6 is 23.5 Å². The molecule has 1 fully saturated rings. The quantitative estimate of drug-likeness (QED) is 0.196. The summed E-state index contributed by atoms with van der Waals surface area (Å²) < 4.78 is 56.9. The SMILES string of the molecule is CCOP(=O)(O)OP(=O)(O)OP(=O)(O)OC[C@H]1O[C@@H](n2ccc(=O)[nH]c2=O)[C@H](O)[C@@H]1O. The van der Waals surface area contributed by atoms with Crippen molar-refractivity contribution in [2.75, 3.05) is 13.2 Å². The number of H-pyrrole nitrogens is 1. The summed E-state index contributed by atoms with van der Waals surface area (Å²) in [7, 11) is -16.2. The van der Waals surface area contributed by atoms with E-state index in [2.05, 4.69) is 17.7 Å². The second-order valence-corrected chi connectivity index (χ2v) is 10.5. The van der Waals surface area contributed by atoms with Gasteiger partial charge in [0.1, 0.15) is 18.3 Å². The summed E-state index contributed by atoms with van der Waals surface area (Å²) >= 11 is 0. The Morgan fingerprint density at radius 2 is 1.61 bits per heavy atom. The average Bonchev–Trinajstić information content (AvgIpc) is 2.86. The van der Waals surface area contributed by atoms with Crippen LogP contribution in [0.5, 0.6) is 0 Å². The number of aliphatic hydroxyl groups is 2. The van der Waals surface area contributed by atoms with Gasteiger partial charge in [-0.3, -0.25) is 23.4 Å². The van der Waals surface area contributed by atoms with Gasteiger partial charge in [0.2, 0.25) is 0 Å². The molecular weight excluding hydrogens is 493 g/mol. The minimum absolute atomic E-state index is 0.403. The molecule has 0 amide bonds. The van der Waals surface area contributed by atoms with Gasteiger partial charge < -0.3 is 29.6 Å². The van der Waals surface area contributed by atoms with Gasteiger partial charge in [-0.2, -0.15) is 8.62 Å². The number of aliphatic hydroxyl groups excluding tert-OH is 2. The predicted octanol–water partition coefficient (Wildman–Crippen LogP) is -1.46. The van der Waals surface area contributed by atoms with E-state index in [1.165, 1.54) is 6.92 Å². The maximum atomic E-state index is 11.9. The number of nitrogens with zero attached hydrogens (tertiary/aromatic N) is 1. The number of nitrogens with one attached hydrogen (secondary N) is 1. The Kier molecular flexibility index (Phi) is 8.33. The van der Waals surface area contributed by atoms with Gasteiger partial charge in [0, 0.05) is 12.3 Å². The summed E-state index contributed by atoms with van der Waals surface area (Å²) in [5.74, 6) is 0. The molecule has 1 aromatic heterocycles. The Balaban J connectivity index is 2.03. The van der Waals surface area contributed by atoms with Gasteiger partial charge in [0.05, 0.1) is 13.2 Å². The zero-order chi connectivity index (χ0) is 23.6. The van der Waals surface area contributed by atoms with Crippen LogP contribution in [0.2, 0.25) is 0 Å². The van der Waals surface area contributed by atoms with Crippen molar-refractivity contribution in [1.29, 1.82) is 0 Å². The molecule has 1 saturated heterocycles. The third kappa shape index (κ3) is 7.23. The lowest BCUT2D eigenvalue weighted by atomic mass is 10.1. The van der Waals surface area contributed by atoms with Crippen molar-refractivity contribution in [2.45, 2.75) is 31.5 Å². The lowest BCUT2D eigenvalue weighted by Crippen LogP contribution is -2.37. The molecule has 178 valence electrons. The molecule has 7 atom stereocenters. The molecule has 17 nitrogen and oxygen atoms in total. The second kappa shape index (κ2) is 9.85. The number of aromatic nitrogens is 2. The zero-order valence-corrected chi connectivity index (χ0v) is 18.2. The van der Waals surface area contributed by atoms with Crippen LogP contribution < -0.4 is 11.2 Å². The molecular formula is C11H19N2O15P3. The van der Waals surface area contributed by atoms with Crippen molar-refractivity contribution >= 4 is 23.5 Å². The van der Waals surface area contributed by atoms with Gasteiger partial charge in [0.15, 0.2) is 6.23 Å². The minimum Gasteiger partial charge on any atom is -0.387 e. The third-order valence-electron chi connectivity index (χ3n) is 3.57. The first-order valence-electron chi connectivity index (χ1n) is 8.19. The van der Waals surface area contributed by atoms with Crippen LogP contribution in [0, 0.1) is 0 Å². The Bertz CT molecular complexity index is 1040. The van der Waals surface area contributed by atoms with Crippen molar-refractivity contribution in [1.82, 2.24) is 9.55 Å². The lowest BCUT2D eigenvalue weighted by molar-refractivity contribution is -0.0542.